The molecule has 1 aromatic heterocycles. The van der Waals surface area contributed by atoms with E-state index in [1.165, 1.54) is 6.26 Å². The summed E-state index contributed by atoms with van der Waals surface area (Å²) >= 11 is 3.93. The molecule has 0 saturated heterocycles. The van der Waals surface area contributed by atoms with E-state index in [-0.39, 0.29) is 0 Å². The Balaban J connectivity index is 2.80. The first kappa shape index (κ1) is 6.24. The molecule has 1 atom stereocenters. The second kappa shape index (κ2) is 2.60. The van der Waals surface area contributed by atoms with Crippen molar-refractivity contribution >= 4 is 12.6 Å². The third-order valence-corrected chi connectivity index (χ3v) is 1.30. The zero-order valence-electron chi connectivity index (χ0n) is 4.61. The largest absolute Gasteiger partial charge is 0.467 e. The van der Waals surface area contributed by atoms with Gasteiger partial charge in [-0.2, -0.15) is 17.9 Å². The molecule has 0 N–H and O–H groups in total. The summed E-state index contributed by atoms with van der Waals surface area (Å²) < 4.78 is 4.89. The molecule has 1 unspecified atom stereocenters. The standard InChI is InChI=1S/C6H5NOS/c7-4-6(9)5-2-1-3-8-5/h1-3,6,9H. The molecule has 0 saturated carbocycles. The minimum Gasteiger partial charge on any atom is -0.467 e. The van der Waals surface area contributed by atoms with E-state index in [1.807, 2.05) is 6.07 Å². The summed E-state index contributed by atoms with van der Waals surface area (Å²) in [5, 5.41) is 7.89. The van der Waals surface area contributed by atoms with Crippen LogP contribution in [0.25, 0.3) is 0 Å². The number of rotatable bonds is 1. The zero-order valence-corrected chi connectivity index (χ0v) is 5.51. The summed E-state index contributed by atoms with van der Waals surface area (Å²) in [7, 11) is 0. The van der Waals surface area contributed by atoms with Gasteiger partial charge in [-0.15, -0.1) is 0 Å². The van der Waals surface area contributed by atoms with Crippen LogP contribution in [-0.4, -0.2) is 0 Å². The van der Waals surface area contributed by atoms with E-state index in [2.05, 4.69) is 12.6 Å². The van der Waals surface area contributed by atoms with Crippen molar-refractivity contribution < 1.29 is 4.42 Å². The lowest BCUT2D eigenvalue weighted by molar-refractivity contribution is 0.522. The Morgan fingerprint density at radius 3 is 3.00 bits per heavy atom. The number of hydrogen-bond acceptors (Lipinski definition) is 3. The average molecular weight is 139 g/mol. The molecule has 46 valence electrons. The first-order valence-electron chi connectivity index (χ1n) is 2.45. The predicted molar refractivity (Wildman–Crippen MR) is 36.0 cm³/mol. The fourth-order valence-corrected chi connectivity index (χ4v) is 0.657. The summed E-state index contributed by atoms with van der Waals surface area (Å²) in [6, 6.07) is 5.39. The fraction of sp³-hybridized carbons (Fsp3) is 0.167. The van der Waals surface area contributed by atoms with Crippen LogP contribution in [0.4, 0.5) is 0 Å². The molecule has 0 radical (unpaired) electrons. The molecule has 0 aliphatic carbocycles. The van der Waals surface area contributed by atoms with Gasteiger partial charge in [-0.1, -0.05) is 0 Å². The van der Waals surface area contributed by atoms with Crippen LogP contribution in [0.3, 0.4) is 0 Å². The molecule has 0 aliphatic heterocycles. The Hall–Kier alpha value is -0.880. The number of thiol groups is 1. The smallest absolute Gasteiger partial charge is 0.147 e. The molecule has 1 aromatic rings. The Labute approximate surface area is 58.5 Å². The SMILES string of the molecule is N#CC(S)c1ccco1. The quantitative estimate of drug-likeness (QED) is 0.602. The van der Waals surface area contributed by atoms with Crippen molar-refractivity contribution in [1.29, 1.82) is 5.26 Å². The third-order valence-electron chi connectivity index (χ3n) is 0.935. The van der Waals surface area contributed by atoms with Crippen molar-refractivity contribution in [3.05, 3.63) is 24.2 Å². The van der Waals surface area contributed by atoms with Crippen molar-refractivity contribution in [2.45, 2.75) is 5.25 Å². The number of hydrogen-bond donors (Lipinski definition) is 1. The van der Waals surface area contributed by atoms with Crippen LogP contribution in [0.5, 0.6) is 0 Å². The van der Waals surface area contributed by atoms with Gasteiger partial charge in [-0.05, 0) is 12.1 Å². The van der Waals surface area contributed by atoms with Crippen LogP contribution < -0.4 is 0 Å². The number of nitriles is 1. The van der Waals surface area contributed by atoms with Gasteiger partial charge in [0, 0.05) is 0 Å². The Kier molecular flexibility index (Phi) is 1.81. The molecule has 3 heteroatoms. The van der Waals surface area contributed by atoms with Gasteiger partial charge in [-0.3, -0.25) is 0 Å². The van der Waals surface area contributed by atoms with Crippen LogP contribution in [0.2, 0.25) is 0 Å². The second-order valence-corrected chi connectivity index (χ2v) is 2.06. The summed E-state index contributed by atoms with van der Waals surface area (Å²) in [5.74, 6) is 0.598. The van der Waals surface area contributed by atoms with E-state index in [1.54, 1.807) is 12.1 Å². The highest BCUT2D eigenvalue weighted by molar-refractivity contribution is 7.80. The molecule has 0 aromatic carbocycles. The van der Waals surface area contributed by atoms with E-state index < -0.39 is 5.25 Å². The van der Waals surface area contributed by atoms with Crippen LogP contribution in [0.1, 0.15) is 11.0 Å². The van der Waals surface area contributed by atoms with Gasteiger partial charge in [0.15, 0.2) is 0 Å². The predicted octanol–water partition coefficient (Wildman–Crippen LogP) is 1.77. The van der Waals surface area contributed by atoms with Gasteiger partial charge in [0.05, 0.1) is 12.3 Å². The summed E-state index contributed by atoms with van der Waals surface area (Å²) in [6.07, 6.45) is 1.52. The van der Waals surface area contributed by atoms with E-state index in [4.69, 9.17) is 9.68 Å². The third kappa shape index (κ3) is 1.27. The molecule has 2 nitrogen and oxygen atoms in total. The molecule has 0 aliphatic rings. The molecular weight excluding hydrogens is 134 g/mol. The maximum absolute atomic E-state index is 8.32. The van der Waals surface area contributed by atoms with Gasteiger partial charge in [0.1, 0.15) is 11.0 Å². The highest BCUT2D eigenvalue weighted by Crippen LogP contribution is 2.17. The van der Waals surface area contributed by atoms with E-state index >= 15 is 0 Å². The van der Waals surface area contributed by atoms with Gasteiger partial charge in [0.25, 0.3) is 0 Å². The molecule has 9 heavy (non-hydrogen) atoms. The monoisotopic (exact) mass is 139 g/mol. The molecule has 0 amide bonds. The van der Waals surface area contributed by atoms with Crippen LogP contribution in [0.15, 0.2) is 22.8 Å². The van der Waals surface area contributed by atoms with Crippen LogP contribution in [-0.2, 0) is 0 Å². The number of furan rings is 1. The van der Waals surface area contributed by atoms with Crippen molar-refractivity contribution in [1.82, 2.24) is 0 Å². The minimum absolute atomic E-state index is 0.431. The van der Waals surface area contributed by atoms with Crippen LogP contribution >= 0.6 is 12.6 Å². The fourth-order valence-electron chi connectivity index (χ4n) is 0.510. The van der Waals surface area contributed by atoms with Gasteiger partial charge in [-0.25, -0.2) is 0 Å². The molecule has 1 heterocycles. The summed E-state index contributed by atoms with van der Waals surface area (Å²) in [5.41, 5.74) is 0. The second-order valence-electron chi connectivity index (χ2n) is 1.55. The molecule has 1 rings (SSSR count). The van der Waals surface area contributed by atoms with E-state index in [9.17, 15) is 0 Å². The Bertz CT molecular complexity index is 211. The molecule has 0 bridgehead atoms. The van der Waals surface area contributed by atoms with Gasteiger partial charge < -0.3 is 4.42 Å². The lowest BCUT2D eigenvalue weighted by Crippen LogP contribution is -1.79. The van der Waals surface area contributed by atoms with E-state index in [0.29, 0.717) is 5.76 Å². The van der Waals surface area contributed by atoms with Crippen LogP contribution in [0, 0.1) is 11.3 Å². The highest BCUT2D eigenvalue weighted by Gasteiger charge is 2.05. The maximum Gasteiger partial charge on any atom is 0.147 e. The lowest BCUT2D eigenvalue weighted by atomic mass is 10.3. The lowest BCUT2D eigenvalue weighted by Gasteiger charge is -1.91. The minimum atomic E-state index is -0.431. The Morgan fingerprint density at radius 2 is 2.56 bits per heavy atom. The van der Waals surface area contributed by atoms with Gasteiger partial charge >= 0.3 is 0 Å². The van der Waals surface area contributed by atoms with Gasteiger partial charge in [0.2, 0.25) is 0 Å². The van der Waals surface area contributed by atoms with Crippen molar-refractivity contribution in [2.24, 2.45) is 0 Å². The summed E-state index contributed by atoms with van der Waals surface area (Å²) in [6.45, 7) is 0. The normalized spacial score (nSPS) is 12.4. The Morgan fingerprint density at radius 1 is 1.78 bits per heavy atom. The van der Waals surface area contributed by atoms with E-state index in [0.717, 1.165) is 0 Å². The van der Waals surface area contributed by atoms with Crippen molar-refractivity contribution in [3.8, 4) is 6.07 Å². The number of nitrogens with zero attached hydrogens (tertiary/aromatic N) is 1. The zero-order chi connectivity index (χ0) is 6.69. The maximum atomic E-state index is 8.32. The average Bonchev–Trinajstić information content (AvgIpc) is 2.37. The molecular formula is C6H5NOS. The van der Waals surface area contributed by atoms with Crippen molar-refractivity contribution in [2.75, 3.05) is 0 Å². The topological polar surface area (TPSA) is 36.9 Å². The van der Waals surface area contributed by atoms with Crippen molar-refractivity contribution in [3.63, 3.8) is 0 Å². The highest BCUT2D eigenvalue weighted by atomic mass is 32.1. The first-order chi connectivity index (χ1) is 4.34. The molecule has 0 fully saturated rings. The first-order valence-corrected chi connectivity index (χ1v) is 2.97. The summed E-state index contributed by atoms with van der Waals surface area (Å²) in [4.78, 5) is 0. The molecule has 0 spiro atoms.